The highest BCUT2D eigenvalue weighted by Gasteiger charge is 2.18. The van der Waals surface area contributed by atoms with Crippen molar-refractivity contribution >= 4 is 55.4 Å². The van der Waals surface area contributed by atoms with Gasteiger partial charge < -0.3 is 14.6 Å². The van der Waals surface area contributed by atoms with Crippen LogP contribution in [-0.4, -0.2) is 36.7 Å². The number of rotatable bonds is 4. The van der Waals surface area contributed by atoms with E-state index in [0.717, 1.165) is 4.57 Å². The number of aromatic nitrogens is 5. The number of benzene rings is 1. The van der Waals surface area contributed by atoms with Crippen molar-refractivity contribution in [1.29, 1.82) is 0 Å². The van der Waals surface area contributed by atoms with Gasteiger partial charge in [0.1, 0.15) is 17.8 Å². The van der Waals surface area contributed by atoms with Crippen LogP contribution in [0.15, 0.2) is 28.0 Å². The van der Waals surface area contributed by atoms with E-state index in [2.05, 4.69) is 15.3 Å². The minimum absolute atomic E-state index is 0.166. The maximum Gasteiger partial charge on any atom is 0.332 e. The normalized spacial score (nSPS) is 11.3. The third-order valence-corrected chi connectivity index (χ3v) is 5.89. The second-order valence-electron chi connectivity index (χ2n) is 6.25. The van der Waals surface area contributed by atoms with Crippen molar-refractivity contribution in [2.75, 3.05) is 12.4 Å². The summed E-state index contributed by atoms with van der Waals surface area (Å²) in [6.45, 7) is -0.176. The Balaban J connectivity index is 1.66. The van der Waals surface area contributed by atoms with Crippen LogP contribution in [0.5, 0.6) is 5.75 Å². The van der Waals surface area contributed by atoms with Gasteiger partial charge in [-0.05, 0) is 12.1 Å². The van der Waals surface area contributed by atoms with Crippen molar-refractivity contribution in [3.63, 3.8) is 0 Å². The quantitative estimate of drug-likeness (QED) is 0.518. The summed E-state index contributed by atoms with van der Waals surface area (Å²) in [6, 6.07) is 3.40. The third-order valence-electron chi connectivity index (χ3n) is 4.46. The Bertz CT molecular complexity index is 1400. The molecule has 1 aromatic carbocycles. The molecule has 29 heavy (non-hydrogen) atoms. The second-order valence-corrected chi connectivity index (χ2v) is 7.65. The lowest BCUT2D eigenvalue weighted by Gasteiger charge is -2.06. The summed E-state index contributed by atoms with van der Waals surface area (Å²) in [4.78, 5) is 45.5. The molecule has 1 N–H and O–H groups in total. The molecule has 0 radical (unpaired) electrons. The van der Waals surface area contributed by atoms with Crippen molar-refractivity contribution in [2.45, 2.75) is 6.54 Å². The molecule has 12 heteroatoms. The van der Waals surface area contributed by atoms with Crippen LogP contribution in [0.1, 0.15) is 0 Å². The van der Waals surface area contributed by atoms with Crippen LogP contribution in [0.2, 0.25) is 5.02 Å². The summed E-state index contributed by atoms with van der Waals surface area (Å²) in [7, 11) is 4.41. The van der Waals surface area contributed by atoms with Gasteiger partial charge in [0.15, 0.2) is 16.3 Å². The number of hydrogen-bond acceptors (Lipinski definition) is 7. The minimum Gasteiger partial charge on any atom is -0.494 e. The predicted molar refractivity (Wildman–Crippen MR) is 110 cm³/mol. The van der Waals surface area contributed by atoms with Crippen molar-refractivity contribution < 1.29 is 9.53 Å². The summed E-state index contributed by atoms with van der Waals surface area (Å²) < 4.78 is 9.59. The molecule has 0 bridgehead atoms. The standard InChI is InChI=1S/C17H15ClN6O4S/c1-22-14-12(15(26)23(2)17(22)27)24(7-19-14)6-10(25)20-16-21-11-9(28-3)5-4-8(18)13(11)29-16/h4-5,7H,6H2,1-3H3,(H,20,21,25). The van der Waals surface area contributed by atoms with E-state index in [4.69, 9.17) is 16.3 Å². The number of ether oxygens (including phenoxy) is 1. The van der Waals surface area contributed by atoms with Gasteiger partial charge in [-0.15, -0.1) is 0 Å². The molecule has 0 atom stereocenters. The molecule has 0 fully saturated rings. The van der Waals surface area contributed by atoms with E-state index >= 15 is 0 Å². The van der Waals surface area contributed by atoms with E-state index in [1.54, 1.807) is 12.1 Å². The van der Waals surface area contributed by atoms with Crippen molar-refractivity contribution in [2.24, 2.45) is 14.1 Å². The number of amides is 1. The fourth-order valence-corrected chi connectivity index (χ4v) is 4.17. The summed E-state index contributed by atoms with van der Waals surface area (Å²) >= 11 is 7.42. The molecule has 150 valence electrons. The number of anilines is 1. The molecule has 10 nitrogen and oxygen atoms in total. The number of fused-ring (bicyclic) bond motifs is 2. The summed E-state index contributed by atoms with van der Waals surface area (Å²) in [6.07, 6.45) is 1.35. The van der Waals surface area contributed by atoms with Crippen molar-refractivity contribution in [3.05, 3.63) is 44.3 Å². The van der Waals surface area contributed by atoms with Crippen LogP contribution in [0, 0.1) is 0 Å². The summed E-state index contributed by atoms with van der Waals surface area (Å²) in [5.74, 6) is 0.139. The Morgan fingerprint density at radius 2 is 2.03 bits per heavy atom. The van der Waals surface area contributed by atoms with E-state index in [-0.39, 0.29) is 17.7 Å². The maximum absolute atomic E-state index is 12.6. The lowest BCUT2D eigenvalue weighted by molar-refractivity contribution is -0.116. The lowest BCUT2D eigenvalue weighted by atomic mass is 10.3. The number of aryl methyl sites for hydroxylation is 1. The number of methoxy groups -OCH3 is 1. The zero-order valence-electron chi connectivity index (χ0n) is 15.6. The Labute approximate surface area is 171 Å². The monoisotopic (exact) mass is 434 g/mol. The van der Waals surface area contributed by atoms with E-state index < -0.39 is 17.2 Å². The Hall–Kier alpha value is -3.18. The Kier molecular flexibility index (Phi) is 4.63. The summed E-state index contributed by atoms with van der Waals surface area (Å²) in [5.41, 5.74) is -0.0826. The molecule has 3 aromatic heterocycles. The van der Waals surface area contributed by atoms with E-state index in [0.29, 0.717) is 26.1 Å². The van der Waals surface area contributed by atoms with Gasteiger partial charge in [-0.1, -0.05) is 22.9 Å². The number of thiazole rings is 1. The molecule has 0 spiro atoms. The SMILES string of the molecule is COc1ccc(Cl)c2sc(NC(=O)Cn3cnc4c3c(=O)n(C)c(=O)n4C)nc12. The van der Waals surface area contributed by atoms with Gasteiger partial charge in [-0.2, -0.15) is 0 Å². The van der Waals surface area contributed by atoms with Crippen LogP contribution in [-0.2, 0) is 25.4 Å². The molecule has 0 unspecified atom stereocenters. The fourth-order valence-electron chi connectivity index (χ4n) is 3.00. The highest BCUT2D eigenvalue weighted by atomic mass is 35.5. The number of carbonyl (C=O) groups is 1. The van der Waals surface area contributed by atoms with Gasteiger partial charge in [0.05, 0.1) is 23.2 Å². The molecule has 1 amide bonds. The summed E-state index contributed by atoms with van der Waals surface area (Å²) in [5, 5.41) is 3.55. The highest BCUT2D eigenvalue weighted by Crippen LogP contribution is 2.37. The molecular weight excluding hydrogens is 420 g/mol. The lowest BCUT2D eigenvalue weighted by Crippen LogP contribution is -2.37. The number of nitrogens with one attached hydrogen (secondary N) is 1. The fraction of sp³-hybridized carbons (Fsp3) is 0.235. The van der Waals surface area contributed by atoms with Gasteiger partial charge in [-0.3, -0.25) is 18.7 Å². The molecule has 0 saturated carbocycles. The largest absolute Gasteiger partial charge is 0.494 e. The number of hydrogen-bond donors (Lipinski definition) is 1. The Morgan fingerprint density at radius 1 is 1.28 bits per heavy atom. The van der Waals surface area contributed by atoms with Gasteiger partial charge >= 0.3 is 5.69 Å². The van der Waals surface area contributed by atoms with Crippen LogP contribution >= 0.6 is 22.9 Å². The first-order chi connectivity index (χ1) is 13.8. The average molecular weight is 435 g/mol. The maximum atomic E-state index is 12.6. The van der Waals surface area contributed by atoms with Gasteiger partial charge in [0.2, 0.25) is 5.91 Å². The van der Waals surface area contributed by atoms with Gasteiger partial charge in [0, 0.05) is 14.1 Å². The van der Waals surface area contributed by atoms with Gasteiger partial charge in [0.25, 0.3) is 5.56 Å². The molecular formula is C17H15ClN6O4S. The number of halogens is 1. The molecule has 3 heterocycles. The molecule has 4 aromatic rings. The Morgan fingerprint density at radius 3 is 2.76 bits per heavy atom. The van der Waals surface area contributed by atoms with Crippen molar-refractivity contribution in [3.8, 4) is 5.75 Å². The first-order valence-electron chi connectivity index (χ1n) is 8.35. The van der Waals surface area contributed by atoms with Crippen LogP contribution in [0.3, 0.4) is 0 Å². The number of carbonyl (C=O) groups excluding carboxylic acids is 1. The zero-order chi connectivity index (χ0) is 20.9. The molecule has 0 saturated heterocycles. The van der Waals surface area contributed by atoms with Crippen LogP contribution in [0.4, 0.5) is 5.13 Å². The first-order valence-corrected chi connectivity index (χ1v) is 9.55. The smallest absolute Gasteiger partial charge is 0.332 e. The van der Waals surface area contributed by atoms with Gasteiger partial charge in [-0.25, -0.2) is 14.8 Å². The topological polar surface area (TPSA) is 113 Å². The third kappa shape index (κ3) is 3.08. The average Bonchev–Trinajstić information content (AvgIpc) is 3.30. The van der Waals surface area contributed by atoms with Crippen LogP contribution in [0.25, 0.3) is 21.4 Å². The first kappa shape index (κ1) is 19.2. The van der Waals surface area contributed by atoms with E-state index in [1.165, 1.54) is 48.0 Å². The van der Waals surface area contributed by atoms with Crippen LogP contribution < -0.4 is 21.3 Å². The van der Waals surface area contributed by atoms with Crippen molar-refractivity contribution in [1.82, 2.24) is 23.7 Å². The molecule has 0 aliphatic rings. The molecule has 4 rings (SSSR count). The molecule has 0 aliphatic heterocycles. The highest BCUT2D eigenvalue weighted by molar-refractivity contribution is 7.23. The number of imidazole rings is 1. The minimum atomic E-state index is -0.523. The van der Waals surface area contributed by atoms with E-state index in [1.807, 2.05) is 0 Å². The predicted octanol–water partition coefficient (Wildman–Crippen LogP) is 1.34. The molecule has 0 aliphatic carbocycles. The zero-order valence-corrected chi connectivity index (χ0v) is 17.2. The number of nitrogens with zero attached hydrogens (tertiary/aromatic N) is 5. The van der Waals surface area contributed by atoms with E-state index in [9.17, 15) is 14.4 Å². The second kappa shape index (κ2) is 7.01.